The van der Waals surface area contributed by atoms with Crippen LogP contribution in [0.15, 0.2) is 24.3 Å². The highest BCUT2D eigenvalue weighted by Crippen LogP contribution is 2.23. The van der Waals surface area contributed by atoms with E-state index in [4.69, 9.17) is 5.73 Å². The quantitative estimate of drug-likeness (QED) is 0.906. The number of fused-ring (bicyclic) bond motifs is 1. The van der Waals surface area contributed by atoms with Gasteiger partial charge >= 0.3 is 0 Å². The third-order valence-corrected chi connectivity index (χ3v) is 4.03. The average Bonchev–Trinajstić information content (AvgIpc) is 2.46. The lowest BCUT2D eigenvalue weighted by atomic mass is 10.0. The molecule has 2 aromatic rings. The summed E-state index contributed by atoms with van der Waals surface area (Å²) < 4.78 is 0. The first-order valence-electron chi connectivity index (χ1n) is 7.05. The molecule has 0 fully saturated rings. The molecule has 0 aliphatic carbocycles. The van der Waals surface area contributed by atoms with Gasteiger partial charge in [-0.2, -0.15) is 0 Å². The predicted molar refractivity (Wildman–Crippen MR) is 80.6 cm³/mol. The van der Waals surface area contributed by atoms with Crippen LogP contribution in [0.25, 0.3) is 0 Å². The molecule has 2 heterocycles. The molecule has 4 heteroatoms. The summed E-state index contributed by atoms with van der Waals surface area (Å²) in [5.41, 5.74) is 11.6. The maximum absolute atomic E-state index is 5.75. The Kier molecular flexibility index (Phi) is 3.40. The fourth-order valence-corrected chi connectivity index (χ4v) is 2.83. The van der Waals surface area contributed by atoms with Crippen LogP contribution in [-0.2, 0) is 19.5 Å². The van der Waals surface area contributed by atoms with Crippen LogP contribution in [0.3, 0.4) is 0 Å². The van der Waals surface area contributed by atoms with E-state index in [1.165, 1.54) is 11.1 Å². The molecule has 0 spiro atoms. The van der Waals surface area contributed by atoms with E-state index in [1.54, 1.807) is 0 Å². The number of anilines is 1. The largest absolute Gasteiger partial charge is 0.336 e. The van der Waals surface area contributed by atoms with E-state index in [9.17, 15) is 0 Å². The van der Waals surface area contributed by atoms with Crippen LogP contribution in [0, 0.1) is 13.8 Å². The van der Waals surface area contributed by atoms with Crippen LogP contribution in [0.1, 0.15) is 28.1 Å². The van der Waals surface area contributed by atoms with Crippen LogP contribution in [0.4, 0.5) is 5.95 Å². The van der Waals surface area contributed by atoms with Gasteiger partial charge in [0.05, 0.1) is 0 Å². The van der Waals surface area contributed by atoms with E-state index in [0.717, 1.165) is 42.4 Å². The van der Waals surface area contributed by atoms with E-state index in [-0.39, 0.29) is 0 Å². The van der Waals surface area contributed by atoms with Crippen molar-refractivity contribution < 1.29 is 0 Å². The van der Waals surface area contributed by atoms with Gasteiger partial charge in [0.1, 0.15) is 0 Å². The molecule has 4 nitrogen and oxygen atoms in total. The van der Waals surface area contributed by atoms with Crippen molar-refractivity contribution in [3.8, 4) is 0 Å². The van der Waals surface area contributed by atoms with E-state index >= 15 is 0 Å². The molecule has 0 unspecified atom stereocenters. The third kappa shape index (κ3) is 2.27. The number of hydrogen-bond donors (Lipinski definition) is 1. The standard InChI is InChI=1S/C16H20N4/c1-11-15(9-17)12(2)19-16(18-11)20-8-7-13-5-3-4-6-14(13)10-20/h3-6H,7-10,17H2,1-2H3. The van der Waals surface area contributed by atoms with Crippen molar-refractivity contribution in [1.82, 2.24) is 9.97 Å². The molecular formula is C16H20N4. The summed E-state index contributed by atoms with van der Waals surface area (Å²) in [6.07, 6.45) is 1.05. The van der Waals surface area contributed by atoms with Gasteiger partial charge in [0.25, 0.3) is 0 Å². The molecule has 0 atom stereocenters. The minimum atomic E-state index is 0.501. The smallest absolute Gasteiger partial charge is 0.226 e. The maximum Gasteiger partial charge on any atom is 0.226 e. The number of aryl methyl sites for hydroxylation is 2. The van der Waals surface area contributed by atoms with E-state index in [2.05, 4.69) is 39.1 Å². The number of benzene rings is 1. The molecular weight excluding hydrogens is 248 g/mol. The Bertz CT molecular complexity index is 613. The van der Waals surface area contributed by atoms with Crippen LogP contribution in [0.5, 0.6) is 0 Å². The van der Waals surface area contributed by atoms with Crippen molar-refractivity contribution in [2.24, 2.45) is 5.73 Å². The van der Waals surface area contributed by atoms with Crippen LogP contribution < -0.4 is 10.6 Å². The van der Waals surface area contributed by atoms with Crippen molar-refractivity contribution in [1.29, 1.82) is 0 Å². The van der Waals surface area contributed by atoms with Gasteiger partial charge in [-0.25, -0.2) is 9.97 Å². The second-order valence-electron chi connectivity index (χ2n) is 5.32. The molecule has 1 aromatic carbocycles. The van der Waals surface area contributed by atoms with Crippen molar-refractivity contribution in [3.63, 3.8) is 0 Å². The first-order valence-corrected chi connectivity index (χ1v) is 7.05. The lowest BCUT2D eigenvalue weighted by Gasteiger charge is -2.29. The predicted octanol–water partition coefficient (Wildman–Crippen LogP) is 2.11. The number of nitrogens with zero attached hydrogens (tertiary/aromatic N) is 3. The lowest BCUT2D eigenvalue weighted by Crippen LogP contribution is -2.32. The molecule has 1 aliphatic rings. The third-order valence-electron chi connectivity index (χ3n) is 4.03. The number of aromatic nitrogens is 2. The zero-order valence-electron chi connectivity index (χ0n) is 12.1. The molecule has 104 valence electrons. The maximum atomic E-state index is 5.75. The summed E-state index contributed by atoms with van der Waals surface area (Å²) in [4.78, 5) is 11.5. The highest BCUT2D eigenvalue weighted by molar-refractivity contribution is 5.42. The van der Waals surface area contributed by atoms with Crippen LogP contribution >= 0.6 is 0 Å². The summed E-state index contributed by atoms with van der Waals surface area (Å²) in [5.74, 6) is 0.826. The fraction of sp³-hybridized carbons (Fsp3) is 0.375. The van der Waals surface area contributed by atoms with Gasteiger partial charge in [-0.3, -0.25) is 0 Å². The molecule has 20 heavy (non-hydrogen) atoms. The van der Waals surface area contributed by atoms with E-state index < -0.39 is 0 Å². The number of hydrogen-bond acceptors (Lipinski definition) is 4. The van der Waals surface area contributed by atoms with Gasteiger partial charge in [-0.15, -0.1) is 0 Å². The fourth-order valence-electron chi connectivity index (χ4n) is 2.83. The Morgan fingerprint density at radius 1 is 1.10 bits per heavy atom. The molecule has 0 saturated carbocycles. The zero-order valence-corrected chi connectivity index (χ0v) is 12.1. The van der Waals surface area contributed by atoms with E-state index in [0.29, 0.717) is 6.54 Å². The SMILES string of the molecule is Cc1nc(N2CCc3ccccc3C2)nc(C)c1CN. The topological polar surface area (TPSA) is 55.0 Å². The molecule has 1 aromatic heterocycles. The Balaban J connectivity index is 1.92. The zero-order chi connectivity index (χ0) is 14.1. The minimum Gasteiger partial charge on any atom is -0.336 e. The molecule has 1 aliphatic heterocycles. The normalized spacial score (nSPS) is 14.2. The van der Waals surface area contributed by atoms with Gasteiger partial charge in [-0.05, 0) is 31.4 Å². The van der Waals surface area contributed by atoms with Gasteiger partial charge < -0.3 is 10.6 Å². The monoisotopic (exact) mass is 268 g/mol. The van der Waals surface area contributed by atoms with Crippen LogP contribution in [0.2, 0.25) is 0 Å². The second-order valence-corrected chi connectivity index (χ2v) is 5.32. The van der Waals surface area contributed by atoms with Crippen molar-refractivity contribution in [2.45, 2.75) is 33.4 Å². The first-order chi connectivity index (χ1) is 9.69. The van der Waals surface area contributed by atoms with Crippen molar-refractivity contribution in [3.05, 3.63) is 52.3 Å². The molecule has 3 rings (SSSR count). The summed E-state index contributed by atoms with van der Waals surface area (Å²) in [5, 5.41) is 0. The summed E-state index contributed by atoms with van der Waals surface area (Å²) >= 11 is 0. The molecule has 2 N–H and O–H groups in total. The van der Waals surface area contributed by atoms with Crippen molar-refractivity contribution >= 4 is 5.95 Å². The summed E-state index contributed by atoms with van der Waals surface area (Å²) in [6, 6.07) is 8.60. The molecule has 0 radical (unpaired) electrons. The number of rotatable bonds is 2. The summed E-state index contributed by atoms with van der Waals surface area (Å²) in [6.45, 7) is 6.38. The highest BCUT2D eigenvalue weighted by Gasteiger charge is 2.19. The highest BCUT2D eigenvalue weighted by atomic mass is 15.3. The number of nitrogens with two attached hydrogens (primary N) is 1. The van der Waals surface area contributed by atoms with Gasteiger partial charge in [0, 0.05) is 36.6 Å². The Morgan fingerprint density at radius 3 is 2.40 bits per heavy atom. The first kappa shape index (κ1) is 13.1. The lowest BCUT2D eigenvalue weighted by molar-refractivity contribution is 0.701. The van der Waals surface area contributed by atoms with Crippen molar-refractivity contribution in [2.75, 3.05) is 11.4 Å². The Hall–Kier alpha value is -1.94. The van der Waals surface area contributed by atoms with Crippen LogP contribution in [-0.4, -0.2) is 16.5 Å². The van der Waals surface area contributed by atoms with Gasteiger partial charge in [0.15, 0.2) is 0 Å². The Morgan fingerprint density at radius 2 is 1.75 bits per heavy atom. The molecule has 0 bridgehead atoms. The minimum absolute atomic E-state index is 0.501. The molecule has 0 amide bonds. The summed E-state index contributed by atoms with van der Waals surface area (Å²) in [7, 11) is 0. The second kappa shape index (κ2) is 5.21. The van der Waals surface area contributed by atoms with E-state index in [1.807, 2.05) is 13.8 Å². The van der Waals surface area contributed by atoms with Gasteiger partial charge in [-0.1, -0.05) is 24.3 Å². The average molecular weight is 268 g/mol. The Labute approximate surface area is 119 Å². The molecule has 0 saturated heterocycles. The van der Waals surface area contributed by atoms with Gasteiger partial charge in [0.2, 0.25) is 5.95 Å².